The van der Waals surface area contributed by atoms with Crippen molar-refractivity contribution in [3.05, 3.63) is 62.0 Å². The first kappa shape index (κ1) is 17.5. The third-order valence-electron chi connectivity index (χ3n) is 3.16. The Morgan fingerprint density at radius 2 is 1.91 bits per heavy atom. The van der Waals surface area contributed by atoms with E-state index in [4.69, 9.17) is 23.2 Å². The fourth-order valence-electron chi connectivity index (χ4n) is 2.11. The molecular weight excluding hydrogens is 337 g/mol. The molecule has 122 valence electrons. The molecule has 23 heavy (non-hydrogen) atoms. The van der Waals surface area contributed by atoms with E-state index in [2.05, 4.69) is 10.4 Å². The molecule has 0 aliphatic carbocycles. The maximum absolute atomic E-state index is 12.1. The third-order valence-corrected chi connectivity index (χ3v) is 3.59. The van der Waals surface area contributed by atoms with E-state index in [1.807, 2.05) is 6.92 Å². The highest BCUT2D eigenvalue weighted by atomic mass is 35.5. The van der Waals surface area contributed by atoms with Crippen LogP contribution in [-0.4, -0.2) is 22.2 Å². The Hall–Kier alpha value is -1.85. The second kappa shape index (κ2) is 8.13. The number of nitrogens with one attached hydrogen (secondary N) is 1. The molecule has 0 unspecified atom stereocenters. The minimum absolute atomic E-state index is 0.211. The largest absolute Gasteiger partial charge is 0.350 e. The van der Waals surface area contributed by atoms with E-state index < -0.39 is 0 Å². The van der Waals surface area contributed by atoms with Crippen LogP contribution in [0.5, 0.6) is 0 Å². The molecule has 1 amide bonds. The van der Waals surface area contributed by atoms with Crippen molar-refractivity contribution in [2.24, 2.45) is 0 Å². The summed E-state index contributed by atoms with van der Waals surface area (Å²) in [5.41, 5.74) is 0.950. The summed E-state index contributed by atoms with van der Waals surface area (Å²) in [5, 5.41) is 7.96. The standard InChI is InChI=1S/C16H17Cl2N3O2/c1-2-7-21-15(22)4-3-14(20-21)16(23)19-6-5-11-8-12(17)10-13(18)9-11/h3-4,8-10H,2,5-7H2,1H3,(H,19,23). The Morgan fingerprint density at radius 1 is 1.22 bits per heavy atom. The Balaban J connectivity index is 1.97. The van der Waals surface area contributed by atoms with Crippen LogP contribution in [0.2, 0.25) is 10.0 Å². The van der Waals surface area contributed by atoms with Crippen LogP contribution in [0.25, 0.3) is 0 Å². The van der Waals surface area contributed by atoms with Crippen LogP contribution in [0.15, 0.2) is 35.1 Å². The third kappa shape index (κ3) is 5.08. The molecule has 2 aromatic rings. The Kier molecular flexibility index (Phi) is 6.19. The molecule has 0 saturated heterocycles. The summed E-state index contributed by atoms with van der Waals surface area (Å²) in [4.78, 5) is 23.7. The highest BCUT2D eigenvalue weighted by molar-refractivity contribution is 6.34. The lowest BCUT2D eigenvalue weighted by Crippen LogP contribution is -2.30. The molecule has 1 N–H and O–H groups in total. The number of carbonyl (C=O) groups excluding carboxylic acids is 1. The molecule has 0 aliphatic rings. The van der Waals surface area contributed by atoms with Crippen LogP contribution in [0.3, 0.4) is 0 Å². The first-order valence-electron chi connectivity index (χ1n) is 7.31. The van der Waals surface area contributed by atoms with Gasteiger partial charge < -0.3 is 5.32 Å². The maximum Gasteiger partial charge on any atom is 0.271 e. The van der Waals surface area contributed by atoms with Gasteiger partial charge in [0.2, 0.25) is 0 Å². The van der Waals surface area contributed by atoms with Crippen molar-refractivity contribution in [2.45, 2.75) is 26.3 Å². The lowest BCUT2D eigenvalue weighted by molar-refractivity contribution is 0.0946. The van der Waals surface area contributed by atoms with E-state index in [1.54, 1.807) is 18.2 Å². The van der Waals surface area contributed by atoms with Crippen molar-refractivity contribution < 1.29 is 4.79 Å². The monoisotopic (exact) mass is 353 g/mol. The number of hydrogen-bond acceptors (Lipinski definition) is 3. The predicted molar refractivity (Wildman–Crippen MR) is 91.3 cm³/mol. The number of halogens is 2. The Labute approximate surface area is 144 Å². The molecule has 2 rings (SSSR count). The molecule has 0 saturated carbocycles. The first-order valence-corrected chi connectivity index (χ1v) is 8.06. The minimum Gasteiger partial charge on any atom is -0.350 e. The van der Waals surface area contributed by atoms with Gasteiger partial charge in [-0.15, -0.1) is 0 Å². The van der Waals surface area contributed by atoms with Gasteiger partial charge in [-0.1, -0.05) is 30.1 Å². The van der Waals surface area contributed by atoms with Gasteiger partial charge in [0.25, 0.3) is 11.5 Å². The maximum atomic E-state index is 12.1. The van der Waals surface area contributed by atoms with Gasteiger partial charge in [0.05, 0.1) is 0 Å². The summed E-state index contributed by atoms with van der Waals surface area (Å²) in [6.07, 6.45) is 1.37. The molecule has 7 heteroatoms. The molecule has 0 aliphatic heterocycles. The predicted octanol–water partition coefficient (Wildman–Crippen LogP) is 2.93. The fourth-order valence-corrected chi connectivity index (χ4v) is 2.68. The average Bonchev–Trinajstić information content (AvgIpc) is 2.48. The van der Waals surface area contributed by atoms with E-state index in [-0.39, 0.29) is 17.2 Å². The number of carbonyl (C=O) groups is 1. The van der Waals surface area contributed by atoms with E-state index in [9.17, 15) is 9.59 Å². The second-order valence-corrected chi connectivity index (χ2v) is 5.94. The lowest BCUT2D eigenvalue weighted by Gasteiger charge is -2.07. The van der Waals surface area contributed by atoms with Crippen LogP contribution in [0.1, 0.15) is 29.4 Å². The van der Waals surface area contributed by atoms with Gasteiger partial charge in [0, 0.05) is 29.2 Å². The van der Waals surface area contributed by atoms with Crippen molar-refractivity contribution >= 4 is 29.1 Å². The van der Waals surface area contributed by atoms with Gasteiger partial charge in [-0.25, -0.2) is 4.68 Å². The highest BCUT2D eigenvalue weighted by Crippen LogP contribution is 2.19. The molecule has 0 spiro atoms. The van der Waals surface area contributed by atoms with Gasteiger partial charge in [-0.3, -0.25) is 9.59 Å². The number of nitrogens with zero attached hydrogens (tertiary/aromatic N) is 2. The smallest absolute Gasteiger partial charge is 0.271 e. The van der Waals surface area contributed by atoms with Crippen LogP contribution in [0, 0.1) is 0 Å². The zero-order valence-corrected chi connectivity index (χ0v) is 14.2. The summed E-state index contributed by atoms with van der Waals surface area (Å²) in [7, 11) is 0. The Morgan fingerprint density at radius 3 is 2.57 bits per heavy atom. The number of amides is 1. The zero-order chi connectivity index (χ0) is 16.8. The van der Waals surface area contributed by atoms with Crippen LogP contribution >= 0.6 is 23.2 Å². The number of aromatic nitrogens is 2. The number of rotatable bonds is 6. The topological polar surface area (TPSA) is 64.0 Å². The van der Waals surface area contributed by atoms with E-state index in [1.165, 1.54) is 16.8 Å². The fraction of sp³-hybridized carbons (Fsp3) is 0.312. The summed E-state index contributed by atoms with van der Waals surface area (Å²) < 4.78 is 1.30. The number of aryl methyl sites for hydroxylation is 1. The summed E-state index contributed by atoms with van der Waals surface area (Å²) in [6.45, 7) is 2.85. The van der Waals surface area contributed by atoms with Crippen LogP contribution < -0.4 is 10.9 Å². The van der Waals surface area contributed by atoms with Gasteiger partial charge >= 0.3 is 0 Å². The van der Waals surface area contributed by atoms with E-state index >= 15 is 0 Å². The summed E-state index contributed by atoms with van der Waals surface area (Å²) in [6, 6.07) is 8.05. The molecule has 1 heterocycles. The normalized spacial score (nSPS) is 10.6. The quantitative estimate of drug-likeness (QED) is 0.868. The first-order chi connectivity index (χ1) is 11.0. The van der Waals surface area contributed by atoms with E-state index in [0.29, 0.717) is 29.6 Å². The van der Waals surface area contributed by atoms with Crippen LogP contribution in [-0.2, 0) is 13.0 Å². The second-order valence-electron chi connectivity index (χ2n) is 5.06. The van der Waals surface area contributed by atoms with Crippen LogP contribution in [0.4, 0.5) is 0 Å². The van der Waals surface area contributed by atoms with Crippen molar-refractivity contribution in [1.29, 1.82) is 0 Å². The zero-order valence-electron chi connectivity index (χ0n) is 12.7. The Bertz CT molecular complexity index is 739. The molecule has 0 bridgehead atoms. The molecule has 1 aromatic heterocycles. The molecule has 0 fully saturated rings. The minimum atomic E-state index is -0.317. The summed E-state index contributed by atoms with van der Waals surface area (Å²) in [5.74, 6) is -0.317. The van der Waals surface area contributed by atoms with Gasteiger partial charge in [-0.2, -0.15) is 5.10 Å². The average molecular weight is 354 g/mol. The van der Waals surface area contributed by atoms with E-state index in [0.717, 1.165) is 12.0 Å². The van der Waals surface area contributed by atoms with Crippen molar-refractivity contribution in [1.82, 2.24) is 15.1 Å². The van der Waals surface area contributed by atoms with Gasteiger partial charge in [-0.05, 0) is 42.7 Å². The molecule has 1 aromatic carbocycles. The van der Waals surface area contributed by atoms with Gasteiger partial charge in [0.15, 0.2) is 0 Å². The van der Waals surface area contributed by atoms with Gasteiger partial charge in [0.1, 0.15) is 5.69 Å². The van der Waals surface area contributed by atoms with Crippen molar-refractivity contribution in [3.8, 4) is 0 Å². The van der Waals surface area contributed by atoms with Crippen molar-refractivity contribution in [3.63, 3.8) is 0 Å². The number of hydrogen-bond donors (Lipinski definition) is 1. The molecule has 0 atom stereocenters. The molecule has 0 radical (unpaired) electrons. The number of benzene rings is 1. The molecule has 5 nitrogen and oxygen atoms in total. The SMILES string of the molecule is CCCn1nc(C(=O)NCCc2cc(Cl)cc(Cl)c2)ccc1=O. The lowest BCUT2D eigenvalue weighted by atomic mass is 10.1. The van der Waals surface area contributed by atoms with Crippen molar-refractivity contribution in [2.75, 3.05) is 6.54 Å². The summed E-state index contributed by atoms with van der Waals surface area (Å²) >= 11 is 11.9. The molecular formula is C16H17Cl2N3O2. The highest BCUT2D eigenvalue weighted by Gasteiger charge is 2.09.